The van der Waals surface area contributed by atoms with Crippen LogP contribution in [0.5, 0.6) is 0 Å². The molecule has 0 aliphatic rings. The van der Waals surface area contributed by atoms with Crippen LogP contribution in [-0.4, -0.2) is 64.6 Å². The molecule has 0 amide bonds. The molecule has 0 fully saturated rings. The molecular weight excluding hydrogens is 581 g/mol. The molecule has 214 valence electrons. The third kappa shape index (κ3) is 13.5. The molecule has 1 aromatic rings. The van der Waals surface area contributed by atoms with E-state index in [1.807, 2.05) is 13.8 Å². The number of nitrogens with zero attached hydrogens (tertiary/aromatic N) is 2. The minimum atomic E-state index is -3.90. The molecule has 0 radical (unpaired) electrons. The lowest BCUT2D eigenvalue weighted by Gasteiger charge is -2.07. The molecule has 38 heavy (non-hydrogen) atoms. The first-order chi connectivity index (χ1) is 18.0. The quantitative estimate of drug-likeness (QED) is 0.130. The zero-order chi connectivity index (χ0) is 28.6. The van der Waals surface area contributed by atoms with Crippen molar-refractivity contribution in [3.8, 4) is 0 Å². The summed E-state index contributed by atoms with van der Waals surface area (Å²) < 4.78 is 65.9. The van der Waals surface area contributed by atoms with Gasteiger partial charge in [-0.05, 0) is 24.0 Å². The second-order valence-electron chi connectivity index (χ2n) is 7.55. The third-order valence-corrected chi connectivity index (χ3v) is 8.62. The summed E-state index contributed by atoms with van der Waals surface area (Å²) in [4.78, 5) is 23.9. The van der Waals surface area contributed by atoms with Crippen molar-refractivity contribution in [3.63, 3.8) is 0 Å². The second kappa shape index (κ2) is 17.3. The highest BCUT2D eigenvalue weighted by atomic mass is 32.2. The van der Waals surface area contributed by atoms with Crippen LogP contribution in [0, 0.1) is 0 Å². The van der Waals surface area contributed by atoms with Gasteiger partial charge in [0.15, 0.2) is 0 Å². The summed E-state index contributed by atoms with van der Waals surface area (Å²) in [5.41, 5.74) is 1.56. The Hall–Kier alpha value is -2.30. The molecule has 0 spiro atoms. The predicted molar refractivity (Wildman–Crippen MR) is 147 cm³/mol. The Morgan fingerprint density at radius 2 is 1.05 bits per heavy atom. The average molecular weight is 613 g/mol. The topological polar surface area (TPSA) is 164 Å². The molecule has 0 aliphatic carbocycles. The summed E-state index contributed by atoms with van der Waals surface area (Å²) >= 11 is 1.89. The first-order valence-electron chi connectivity index (χ1n) is 11.5. The Morgan fingerprint density at radius 1 is 0.711 bits per heavy atom. The Labute approximate surface area is 232 Å². The molecule has 0 unspecified atom stereocenters. The van der Waals surface area contributed by atoms with E-state index in [1.165, 1.54) is 0 Å². The fourth-order valence-electron chi connectivity index (χ4n) is 2.35. The van der Waals surface area contributed by atoms with Crippen molar-refractivity contribution in [2.45, 2.75) is 51.0 Å². The SMILES string of the molecule is CCCCS(=O)(=O)ON=C(SCc1ccc(CSC(=NOS(=O)(=O)CCCC)C(=O)OC)cc1)C(=O)OC. The van der Waals surface area contributed by atoms with E-state index in [2.05, 4.69) is 28.4 Å². The molecule has 1 rings (SSSR count). The van der Waals surface area contributed by atoms with E-state index in [0.717, 1.165) is 48.9 Å². The number of oxime groups is 2. The molecule has 1 aromatic carbocycles. The normalized spacial score (nSPS) is 12.6. The molecule has 0 atom stereocenters. The van der Waals surface area contributed by atoms with Gasteiger partial charge in [0, 0.05) is 11.5 Å². The van der Waals surface area contributed by atoms with Gasteiger partial charge >= 0.3 is 32.2 Å². The summed E-state index contributed by atoms with van der Waals surface area (Å²) in [6, 6.07) is 7.04. The van der Waals surface area contributed by atoms with Crippen LogP contribution >= 0.6 is 23.5 Å². The maximum Gasteiger partial charge on any atom is 0.366 e. The first-order valence-corrected chi connectivity index (χ1v) is 16.6. The van der Waals surface area contributed by atoms with E-state index in [-0.39, 0.29) is 33.1 Å². The number of unbranched alkanes of at least 4 members (excludes halogenated alkanes) is 2. The monoisotopic (exact) mass is 612 g/mol. The molecule has 0 aromatic heterocycles. The van der Waals surface area contributed by atoms with E-state index in [1.54, 1.807) is 24.3 Å². The van der Waals surface area contributed by atoms with E-state index >= 15 is 0 Å². The van der Waals surface area contributed by atoms with Crippen molar-refractivity contribution in [1.82, 2.24) is 0 Å². The van der Waals surface area contributed by atoms with Gasteiger partial charge < -0.3 is 9.47 Å². The summed E-state index contributed by atoms with van der Waals surface area (Å²) in [5, 5.41) is 6.46. The van der Waals surface area contributed by atoms with Gasteiger partial charge in [-0.2, -0.15) is 16.8 Å². The lowest BCUT2D eigenvalue weighted by Crippen LogP contribution is -2.15. The van der Waals surface area contributed by atoms with Crippen molar-refractivity contribution in [2.75, 3.05) is 25.7 Å². The van der Waals surface area contributed by atoms with Gasteiger partial charge in [0.2, 0.25) is 10.1 Å². The lowest BCUT2D eigenvalue weighted by atomic mass is 10.2. The fourth-order valence-corrected chi connectivity index (χ4v) is 5.83. The van der Waals surface area contributed by atoms with Crippen LogP contribution < -0.4 is 0 Å². The van der Waals surface area contributed by atoms with E-state index in [4.69, 9.17) is 0 Å². The van der Waals surface area contributed by atoms with Crippen LogP contribution in [-0.2, 0) is 59.4 Å². The van der Waals surface area contributed by atoms with Gasteiger partial charge in [-0.25, -0.2) is 9.59 Å². The molecular formula is C22H32N2O10S4. The van der Waals surface area contributed by atoms with Crippen LogP contribution in [0.2, 0.25) is 0 Å². The number of carbonyl (C=O) groups excluding carboxylic acids is 2. The predicted octanol–water partition coefficient (Wildman–Crippen LogP) is 3.42. The Bertz CT molecular complexity index is 1090. The Morgan fingerprint density at radius 3 is 1.34 bits per heavy atom. The zero-order valence-electron chi connectivity index (χ0n) is 21.6. The van der Waals surface area contributed by atoms with Gasteiger partial charge in [0.05, 0.1) is 25.7 Å². The maximum absolute atomic E-state index is 12.0. The van der Waals surface area contributed by atoms with E-state index in [0.29, 0.717) is 25.7 Å². The standard InChI is InChI=1S/C22H32N2O10S4/c1-5-7-13-37(27,28)33-23-19(21(25)31-3)35-15-17-9-11-18(12-10-17)16-36-20(22(26)32-4)24-34-38(29,30)14-8-6-2/h9-12H,5-8,13-16H2,1-4H3. The van der Waals surface area contributed by atoms with Crippen LogP contribution in [0.15, 0.2) is 34.6 Å². The average Bonchev–Trinajstić information content (AvgIpc) is 2.90. The number of methoxy groups -OCH3 is 2. The number of ether oxygens (including phenoxy) is 2. The largest absolute Gasteiger partial charge is 0.464 e. The van der Waals surface area contributed by atoms with Crippen LogP contribution in [0.3, 0.4) is 0 Å². The van der Waals surface area contributed by atoms with Crippen molar-refractivity contribution in [2.24, 2.45) is 10.3 Å². The molecule has 16 heteroatoms. The number of hydrogen-bond donors (Lipinski definition) is 0. The smallest absolute Gasteiger partial charge is 0.366 e. The first kappa shape index (κ1) is 33.7. The molecule has 0 saturated carbocycles. The van der Waals surface area contributed by atoms with Gasteiger partial charge in [0.25, 0.3) is 0 Å². The van der Waals surface area contributed by atoms with Crippen molar-refractivity contribution >= 4 is 65.8 Å². The molecule has 0 bridgehead atoms. The Balaban J connectivity index is 2.81. The minimum Gasteiger partial charge on any atom is -0.464 e. The maximum atomic E-state index is 12.0. The molecule has 0 saturated heterocycles. The number of benzene rings is 1. The third-order valence-electron chi connectivity index (χ3n) is 4.46. The van der Waals surface area contributed by atoms with Crippen LogP contribution in [0.1, 0.15) is 50.7 Å². The van der Waals surface area contributed by atoms with E-state index in [9.17, 15) is 26.4 Å². The van der Waals surface area contributed by atoms with Crippen molar-refractivity contribution in [3.05, 3.63) is 35.4 Å². The second-order valence-corrected chi connectivity index (χ2v) is 12.8. The number of carbonyl (C=O) groups is 2. The Kier molecular flexibility index (Phi) is 15.4. The summed E-state index contributed by atoms with van der Waals surface area (Å²) in [6.07, 6.45) is 2.12. The number of esters is 2. The van der Waals surface area contributed by atoms with Gasteiger partial charge in [-0.1, -0.05) is 84.8 Å². The van der Waals surface area contributed by atoms with Gasteiger partial charge in [-0.3, -0.25) is 8.57 Å². The number of thioether (sulfide) groups is 2. The highest BCUT2D eigenvalue weighted by Gasteiger charge is 2.19. The van der Waals surface area contributed by atoms with Gasteiger partial charge in [-0.15, -0.1) is 0 Å². The zero-order valence-corrected chi connectivity index (χ0v) is 24.8. The molecule has 0 aliphatic heterocycles. The van der Waals surface area contributed by atoms with Crippen molar-refractivity contribution in [1.29, 1.82) is 0 Å². The van der Waals surface area contributed by atoms with E-state index < -0.39 is 32.2 Å². The summed E-state index contributed by atoms with van der Waals surface area (Å²) in [5.74, 6) is -1.57. The van der Waals surface area contributed by atoms with Crippen LogP contribution in [0.25, 0.3) is 0 Å². The number of rotatable bonds is 14. The summed E-state index contributed by atoms with van der Waals surface area (Å²) in [6.45, 7) is 3.67. The highest BCUT2D eigenvalue weighted by Crippen LogP contribution is 2.20. The van der Waals surface area contributed by atoms with Crippen LogP contribution in [0.4, 0.5) is 0 Å². The van der Waals surface area contributed by atoms with Gasteiger partial charge in [0.1, 0.15) is 0 Å². The fraction of sp³-hybridized carbons (Fsp3) is 0.545. The summed E-state index contributed by atoms with van der Waals surface area (Å²) in [7, 11) is -5.51. The minimum absolute atomic E-state index is 0.214. The molecule has 0 N–H and O–H groups in total. The van der Waals surface area contributed by atoms with Crippen molar-refractivity contribution < 1.29 is 44.5 Å². The molecule has 0 heterocycles. The lowest BCUT2D eigenvalue weighted by molar-refractivity contribution is -0.133. The molecule has 12 nitrogen and oxygen atoms in total. The highest BCUT2D eigenvalue weighted by molar-refractivity contribution is 8.15. The number of hydrogen-bond acceptors (Lipinski definition) is 14.